The molecule has 0 saturated heterocycles. The Bertz CT molecular complexity index is 1130. The van der Waals surface area contributed by atoms with E-state index in [-0.39, 0.29) is 22.7 Å². The third-order valence-electron chi connectivity index (χ3n) is 4.37. The van der Waals surface area contributed by atoms with E-state index < -0.39 is 23.5 Å². The van der Waals surface area contributed by atoms with Crippen LogP contribution in [-0.4, -0.2) is 32.7 Å². The first-order chi connectivity index (χ1) is 14.9. The predicted molar refractivity (Wildman–Crippen MR) is 113 cm³/mol. The maximum atomic E-state index is 13.5. The highest BCUT2D eigenvalue weighted by atomic mass is 32.1. The Hall–Kier alpha value is -3.46. The molecule has 6 nitrogen and oxygen atoms in total. The summed E-state index contributed by atoms with van der Waals surface area (Å²) >= 11 is 1.11. The Morgan fingerprint density at radius 1 is 1.00 bits per heavy atom. The fourth-order valence-corrected chi connectivity index (χ4v) is 3.84. The van der Waals surface area contributed by atoms with Gasteiger partial charge in [0.1, 0.15) is 10.6 Å². The van der Waals surface area contributed by atoms with Gasteiger partial charge in [0.2, 0.25) is 0 Å². The van der Waals surface area contributed by atoms with E-state index in [1.165, 1.54) is 14.2 Å². The van der Waals surface area contributed by atoms with Crippen LogP contribution in [0.15, 0.2) is 41.8 Å². The van der Waals surface area contributed by atoms with Gasteiger partial charge in [-0.05, 0) is 42.8 Å². The molecule has 0 spiro atoms. The summed E-state index contributed by atoms with van der Waals surface area (Å²) in [6.45, 7) is 1.80. The molecule has 0 saturated carbocycles. The van der Waals surface area contributed by atoms with Crippen molar-refractivity contribution in [2.24, 2.45) is 0 Å². The van der Waals surface area contributed by atoms with Crippen LogP contribution < -0.4 is 14.8 Å². The first-order valence-electron chi connectivity index (χ1n) is 9.17. The number of rotatable bonds is 7. The van der Waals surface area contributed by atoms with Gasteiger partial charge in [-0.1, -0.05) is 6.07 Å². The Morgan fingerprint density at radius 3 is 2.39 bits per heavy atom. The standard InChI is InChI=1S/C22H19F2NO5S/c1-4-30-22(27)19-14(12-6-8-17(28-2)18(10-12)29-3)11-31-21(19)25-20(26)13-5-7-15(23)16(24)9-13/h5-11H,4H2,1-3H3,(H,25,26). The zero-order valence-corrected chi connectivity index (χ0v) is 17.8. The zero-order valence-electron chi connectivity index (χ0n) is 17.0. The lowest BCUT2D eigenvalue weighted by Crippen LogP contribution is -2.15. The summed E-state index contributed by atoms with van der Waals surface area (Å²) in [7, 11) is 3.01. The van der Waals surface area contributed by atoms with E-state index in [1.54, 1.807) is 30.5 Å². The molecule has 31 heavy (non-hydrogen) atoms. The van der Waals surface area contributed by atoms with Crippen LogP contribution >= 0.6 is 11.3 Å². The van der Waals surface area contributed by atoms with Gasteiger partial charge < -0.3 is 19.5 Å². The summed E-state index contributed by atoms with van der Waals surface area (Å²) in [5.41, 5.74) is 1.22. The van der Waals surface area contributed by atoms with Gasteiger partial charge in [-0.2, -0.15) is 0 Å². The number of carbonyl (C=O) groups excluding carboxylic acids is 2. The Morgan fingerprint density at radius 2 is 1.74 bits per heavy atom. The summed E-state index contributed by atoms with van der Waals surface area (Å²) in [6.07, 6.45) is 0. The average molecular weight is 447 g/mol. The van der Waals surface area contributed by atoms with Gasteiger partial charge in [0.25, 0.3) is 5.91 Å². The predicted octanol–water partition coefficient (Wildman–Crippen LogP) is 5.14. The Balaban J connectivity index is 2.02. The van der Waals surface area contributed by atoms with Gasteiger partial charge in [0.15, 0.2) is 23.1 Å². The highest BCUT2D eigenvalue weighted by Gasteiger charge is 2.24. The van der Waals surface area contributed by atoms with Crippen LogP contribution in [0.2, 0.25) is 0 Å². The van der Waals surface area contributed by atoms with E-state index >= 15 is 0 Å². The smallest absolute Gasteiger partial charge is 0.341 e. The number of amides is 1. The second-order valence-electron chi connectivity index (χ2n) is 6.23. The van der Waals surface area contributed by atoms with Crippen molar-refractivity contribution in [1.82, 2.24) is 0 Å². The SMILES string of the molecule is CCOC(=O)c1c(-c2ccc(OC)c(OC)c2)csc1NC(=O)c1ccc(F)c(F)c1. The van der Waals surface area contributed by atoms with Crippen LogP contribution in [0.5, 0.6) is 11.5 Å². The lowest BCUT2D eigenvalue weighted by molar-refractivity contribution is 0.0529. The lowest BCUT2D eigenvalue weighted by Gasteiger charge is -2.11. The normalized spacial score (nSPS) is 10.5. The minimum absolute atomic E-state index is 0.0882. The van der Waals surface area contributed by atoms with E-state index in [0.717, 1.165) is 29.5 Å². The minimum atomic E-state index is -1.14. The molecule has 0 bridgehead atoms. The molecule has 0 unspecified atom stereocenters. The molecule has 1 heterocycles. The third-order valence-corrected chi connectivity index (χ3v) is 5.27. The summed E-state index contributed by atoms with van der Waals surface area (Å²) < 4.78 is 42.4. The topological polar surface area (TPSA) is 73.9 Å². The van der Waals surface area contributed by atoms with Gasteiger partial charge in [0, 0.05) is 16.5 Å². The Labute approximate surface area is 181 Å². The van der Waals surface area contributed by atoms with Gasteiger partial charge in [-0.3, -0.25) is 4.79 Å². The number of halogens is 2. The van der Waals surface area contributed by atoms with Crippen LogP contribution in [-0.2, 0) is 4.74 Å². The third kappa shape index (κ3) is 4.66. The number of nitrogens with one attached hydrogen (secondary N) is 1. The quantitative estimate of drug-likeness (QED) is 0.508. The van der Waals surface area contributed by atoms with Gasteiger partial charge in [0.05, 0.1) is 20.8 Å². The maximum absolute atomic E-state index is 13.5. The number of methoxy groups -OCH3 is 2. The number of carbonyl (C=O) groups is 2. The molecule has 1 N–H and O–H groups in total. The lowest BCUT2D eigenvalue weighted by atomic mass is 10.0. The number of benzene rings is 2. The van der Waals surface area contributed by atoms with Crippen LogP contribution in [0.3, 0.4) is 0 Å². The number of hydrogen-bond acceptors (Lipinski definition) is 6. The monoisotopic (exact) mass is 447 g/mol. The molecule has 162 valence electrons. The summed E-state index contributed by atoms with van der Waals surface area (Å²) in [6, 6.07) is 7.94. The number of thiophene rings is 1. The molecule has 0 aliphatic carbocycles. The molecule has 0 fully saturated rings. The number of hydrogen-bond donors (Lipinski definition) is 1. The van der Waals surface area contributed by atoms with E-state index in [4.69, 9.17) is 14.2 Å². The minimum Gasteiger partial charge on any atom is -0.493 e. The fourth-order valence-electron chi connectivity index (χ4n) is 2.88. The molecule has 0 aliphatic heterocycles. The van der Waals surface area contributed by atoms with Crippen LogP contribution in [0.25, 0.3) is 11.1 Å². The van der Waals surface area contributed by atoms with E-state index in [9.17, 15) is 18.4 Å². The second-order valence-corrected chi connectivity index (χ2v) is 7.11. The first-order valence-corrected chi connectivity index (χ1v) is 10.0. The summed E-state index contributed by atoms with van der Waals surface area (Å²) in [5, 5.41) is 4.50. The van der Waals surface area contributed by atoms with Crippen molar-refractivity contribution in [3.8, 4) is 22.6 Å². The van der Waals surface area contributed by atoms with Gasteiger partial charge in [-0.15, -0.1) is 11.3 Å². The van der Waals surface area contributed by atoms with Crippen molar-refractivity contribution in [2.45, 2.75) is 6.92 Å². The molecule has 1 aromatic heterocycles. The molecule has 9 heteroatoms. The molecule has 2 aromatic carbocycles. The number of esters is 1. The van der Waals surface area contributed by atoms with Gasteiger partial charge in [-0.25, -0.2) is 13.6 Å². The largest absolute Gasteiger partial charge is 0.493 e. The highest BCUT2D eigenvalue weighted by molar-refractivity contribution is 7.15. The number of ether oxygens (including phenoxy) is 3. The van der Waals surface area contributed by atoms with Crippen LogP contribution in [0.4, 0.5) is 13.8 Å². The Kier molecular flexibility index (Phi) is 6.86. The van der Waals surface area contributed by atoms with E-state index in [2.05, 4.69) is 5.32 Å². The van der Waals surface area contributed by atoms with Crippen LogP contribution in [0.1, 0.15) is 27.6 Å². The number of anilines is 1. The average Bonchev–Trinajstić information content (AvgIpc) is 3.18. The molecule has 3 aromatic rings. The van der Waals surface area contributed by atoms with Crippen LogP contribution in [0, 0.1) is 11.6 Å². The molecule has 1 amide bonds. The molecule has 0 radical (unpaired) electrons. The maximum Gasteiger partial charge on any atom is 0.341 e. The van der Waals surface area contributed by atoms with Crippen molar-refractivity contribution in [2.75, 3.05) is 26.1 Å². The molecular weight excluding hydrogens is 428 g/mol. The summed E-state index contributed by atoms with van der Waals surface area (Å²) in [4.78, 5) is 25.2. The fraction of sp³-hybridized carbons (Fsp3) is 0.182. The van der Waals surface area contributed by atoms with Crippen molar-refractivity contribution in [1.29, 1.82) is 0 Å². The van der Waals surface area contributed by atoms with Gasteiger partial charge >= 0.3 is 5.97 Å². The van der Waals surface area contributed by atoms with Crippen molar-refractivity contribution in [3.05, 3.63) is 64.5 Å². The second kappa shape index (κ2) is 9.57. The van der Waals surface area contributed by atoms with Crippen molar-refractivity contribution >= 4 is 28.2 Å². The van der Waals surface area contributed by atoms with Crippen molar-refractivity contribution in [3.63, 3.8) is 0 Å². The zero-order chi connectivity index (χ0) is 22.5. The molecule has 0 aliphatic rings. The molecule has 3 rings (SSSR count). The van der Waals surface area contributed by atoms with E-state index in [0.29, 0.717) is 22.6 Å². The molecule has 0 atom stereocenters. The van der Waals surface area contributed by atoms with E-state index in [1.807, 2.05) is 0 Å². The first kappa shape index (κ1) is 22.2. The molecular formula is C22H19F2NO5S. The highest BCUT2D eigenvalue weighted by Crippen LogP contribution is 2.39. The van der Waals surface area contributed by atoms with Crippen molar-refractivity contribution < 1.29 is 32.6 Å². The summed E-state index contributed by atoms with van der Waals surface area (Å²) in [5.74, 6) is -2.54.